The van der Waals surface area contributed by atoms with E-state index < -0.39 is 22.1 Å². The van der Waals surface area contributed by atoms with Crippen LogP contribution >= 0.6 is 0 Å². The summed E-state index contributed by atoms with van der Waals surface area (Å²) in [7, 11) is 0. The molecule has 0 saturated carbocycles. The zero-order valence-electron chi connectivity index (χ0n) is 11.1. The van der Waals surface area contributed by atoms with E-state index in [1.54, 1.807) is 11.8 Å². The molecular weight excluding hydrogens is 264 g/mol. The highest BCUT2D eigenvalue weighted by molar-refractivity contribution is 5.93. The number of aromatic carboxylic acids is 1. The third-order valence-electron chi connectivity index (χ3n) is 2.72. The molecule has 8 heteroatoms. The monoisotopic (exact) mass is 278 g/mol. The van der Waals surface area contributed by atoms with E-state index in [0.717, 1.165) is 12.3 Å². The lowest BCUT2D eigenvalue weighted by Crippen LogP contribution is -2.28. The third-order valence-corrected chi connectivity index (χ3v) is 2.72. The number of carbonyl (C=O) groups is 1. The van der Waals surface area contributed by atoms with Gasteiger partial charge in [-0.05, 0) is 13.8 Å². The maximum atomic E-state index is 11.1. The summed E-state index contributed by atoms with van der Waals surface area (Å²) in [5, 5.41) is 28.6. The molecule has 20 heavy (non-hydrogen) atoms. The second-order valence-electron chi connectivity index (χ2n) is 4.19. The van der Waals surface area contributed by atoms with Crippen molar-refractivity contribution in [2.75, 3.05) is 18.0 Å². The number of pyridine rings is 1. The maximum absolute atomic E-state index is 11.1. The number of nitrogens with zero attached hydrogens (tertiary/aromatic N) is 4. The Hall–Kier alpha value is -2.69. The fourth-order valence-electron chi connectivity index (χ4n) is 1.68. The van der Waals surface area contributed by atoms with Gasteiger partial charge in [-0.15, -0.1) is 0 Å². The van der Waals surface area contributed by atoms with E-state index >= 15 is 0 Å². The minimum atomic E-state index is -1.38. The fraction of sp³-hybridized carbons (Fsp3) is 0.417. The first-order valence-electron chi connectivity index (χ1n) is 5.93. The average Bonchev–Trinajstić information content (AvgIpc) is 2.43. The first kappa shape index (κ1) is 15.4. The summed E-state index contributed by atoms with van der Waals surface area (Å²) in [6.45, 7) is 4.44. The Balaban J connectivity index is 3.19. The van der Waals surface area contributed by atoms with Crippen molar-refractivity contribution < 1.29 is 14.8 Å². The molecule has 106 valence electrons. The van der Waals surface area contributed by atoms with Crippen LogP contribution in [0.15, 0.2) is 12.3 Å². The van der Waals surface area contributed by atoms with Crippen molar-refractivity contribution in [3.63, 3.8) is 0 Å². The molecule has 1 heterocycles. The van der Waals surface area contributed by atoms with Crippen LogP contribution in [-0.4, -0.2) is 34.1 Å². The summed E-state index contributed by atoms with van der Waals surface area (Å²) in [5.74, 6) is -1.34. The highest BCUT2D eigenvalue weighted by Crippen LogP contribution is 2.22. The van der Waals surface area contributed by atoms with E-state index in [1.165, 1.54) is 0 Å². The van der Waals surface area contributed by atoms with E-state index in [9.17, 15) is 14.9 Å². The Bertz CT molecular complexity index is 567. The second kappa shape index (κ2) is 6.47. The summed E-state index contributed by atoms with van der Waals surface area (Å²) in [5.41, 5.74) is -0.964. The first-order valence-corrected chi connectivity index (χ1v) is 5.93. The number of carboxylic acid groups (broad SMARTS) is 1. The normalized spacial score (nSPS) is 11.4. The number of nitriles is 1. The Labute approximate surface area is 115 Å². The van der Waals surface area contributed by atoms with Gasteiger partial charge in [0, 0.05) is 19.2 Å². The van der Waals surface area contributed by atoms with Gasteiger partial charge in [-0.1, -0.05) is 0 Å². The van der Waals surface area contributed by atoms with Gasteiger partial charge in [0.25, 0.3) is 0 Å². The maximum Gasteiger partial charge on any atom is 0.342 e. The molecule has 1 rings (SSSR count). The van der Waals surface area contributed by atoms with E-state index in [1.807, 2.05) is 6.92 Å². The molecule has 0 aliphatic carbocycles. The molecular formula is C12H14N4O4. The van der Waals surface area contributed by atoms with Gasteiger partial charge in [-0.25, -0.2) is 9.78 Å². The van der Waals surface area contributed by atoms with Crippen molar-refractivity contribution >= 4 is 17.5 Å². The van der Waals surface area contributed by atoms with Crippen LogP contribution in [0.4, 0.5) is 11.5 Å². The molecule has 1 N–H and O–H groups in total. The van der Waals surface area contributed by atoms with Crippen LogP contribution in [0.25, 0.3) is 0 Å². The quantitative estimate of drug-likeness (QED) is 0.620. The van der Waals surface area contributed by atoms with E-state index in [-0.39, 0.29) is 5.92 Å². The van der Waals surface area contributed by atoms with Crippen LogP contribution in [0.2, 0.25) is 0 Å². The van der Waals surface area contributed by atoms with Crippen molar-refractivity contribution in [3.8, 4) is 6.07 Å². The van der Waals surface area contributed by atoms with Gasteiger partial charge in [0.05, 0.1) is 16.9 Å². The SMILES string of the molecule is CCN(CC(C)C#N)c1cc(C(=O)O)c([N+](=O)[O-])cn1. The molecule has 0 aromatic carbocycles. The van der Waals surface area contributed by atoms with Crippen LogP contribution in [0, 0.1) is 27.4 Å². The molecule has 8 nitrogen and oxygen atoms in total. The molecule has 0 saturated heterocycles. The minimum Gasteiger partial charge on any atom is -0.477 e. The van der Waals surface area contributed by atoms with Gasteiger partial charge in [-0.3, -0.25) is 10.1 Å². The predicted molar refractivity (Wildman–Crippen MR) is 70.5 cm³/mol. The zero-order valence-corrected chi connectivity index (χ0v) is 11.1. The Kier molecular flexibility index (Phi) is 4.97. The van der Waals surface area contributed by atoms with Crippen LogP contribution in [0.1, 0.15) is 24.2 Å². The van der Waals surface area contributed by atoms with Crippen molar-refractivity contribution in [2.24, 2.45) is 5.92 Å². The number of aromatic nitrogens is 1. The van der Waals surface area contributed by atoms with Crippen LogP contribution in [0.5, 0.6) is 0 Å². The van der Waals surface area contributed by atoms with Crippen molar-refractivity contribution in [2.45, 2.75) is 13.8 Å². The summed E-state index contributed by atoms with van der Waals surface area (Å²) >= 11 is 0. The number of hydrogen-bond donors (Lipinski definition) is 1. The lowest BCUT2D eigenvalue weighted by atomic mass is 10.1. The van der Waals surface area contributed by atoms with Crippen molar-refractivity contribution in [1.29, 1.82) is 5.26 Å². The molecule has 0 aliphatic rings. The molecule has 0 spiro atoms. The molecule has 0 radical (unpaired) electrons. The van der Waals surface area contributed by atoms with E-state index in [4.69, 9.17) is 10.4 Å². The van der Waals surface area contributed by atoms with Gasteiger partial charge in [-0.2, -0.15) is 5.26 Å². The van der Waals surface area contributed by atoms with Gasteiger partial charge in [0.2, 0.25) is 0 Å². The number of hydrogen-bond acceptors (Lipinski definition) is 6. The molecule has 1 atom stereocenters. The number of anilines is 1. The third kappa shape index (κ3) is 3.41. The zero-order chi connectivity index (χ0) is 15.3. The Morgan fingerprint density at radius 2 is 2.35 bits per heavy atom. The highest BCUT2D eigenvalue weighted by atomic mass is 16.6. The first-order chi connectivity index (χ1) is 9.40. The standard InChI is InChI=1S/C12H14N4O4/c1-3-15(7-8(2)5-13)11-4-9(12(17)18)10(6-14-11)16(19)20/h4,6,8H,3,7H2,1-2H3,(H,17,18). The molecule has 0 aliphatic heterocycles. The van der Waals surface area contributed by atoms with Crippen molar-refractivity contribution in [3.05, 3.63) is 27.9 Å². The van der Waals surface area contributed by atoms with E-state index in [0.29, 0.717) is 18.9 Å². The summed E-state index contributed by atoms with van der Waals surface area (Å²) < 4.78 is 0. The summed E-state index contributed by atoms with van der Waals surface area (Å²) in [4.78, 5) is 26.6. The van der Waals surface area contributed by atoms with Crippen LogP contribution < -0.4 is 4.90 Å². The predicted octanol–water partition coefficient (Wildman–Crippen LogP) is 1.67. The van der Waals surface area contributed by atoms with Gasteiger partial charge in [0.1, 0.15) is 17.6 Å². The lowest BCUT2D eigenvalue weighted by Gasteiger charge is -2.23. The Morgan fingerprint density at radius 1 is 1.70 bits per heavy atom. The highest BCUT2D eigenvalue weighted by Gasteiger charge is 2.22. The smallest absolute Gasteiger partial charge is 0.342 e. The molecule has 0 fully saturated rings. The van der Waals surface area contributed by atoms with Crippen LogP contribution in [-0.2, 0) is 0 Å². The largest absolute Gasteiger partial charge is 0.477 e. The second-order valence-corrected chi connectivity index (χ2v) is 4.19. The van der Waals surface area contributed by atoms with E-state index in [2.05, 4.69) is 11.1 Å². The molecule has 1 aromatic rings. The van der Waals surface area contributed by atoms with Crippen LogP contribution in [0.3, 0.4) is 0 Å². The van der Waals surface area contributed by atoms with Crippen molar-refractivity contribution in [1.82, 2.24) is 4.98 Å². The molecule has 1 aromatic heterocycles. The molecule has 0 amide bonds. The number of rotatable bonds is 6. The molecule has 1 unspecified atom stereocenters. The lowest BCUT2D eigenvalue weighted by molar-refractivity contribution is -0.385. The molecule has 0 bridgehead atoms. The summed E-state index contributed by atoms with van der Waals surface area (Å²) in [6, 6.07) is 3.23. The number of carboxylic acids is 1. The minimum absolute atomic E-state index is 0.264. The number of nitro groups is 1. The average molecular weight is 278 g/mol. The summed E-state index contributed by atoms with van der Waals surface area (Å²) in [6.07, 6.45) is 0.929. The Morgan fingerprint density at radius 3 is 2.80 bits per heavy atom. The van der Waals surface area contributed by atoms with Gasteiger partial charge in [0.15, 0.2) is 0 Å². The fourth-order valence-corrected chi connectivity index (χ4v) is 1.68. The van der Waals surface area contributed by atoms with Gasteiger partial charge < -0.3 is 10.0 Å². The topological polar surface area (TPSA) is 120 Å². The van der Waals surface area contributed by atoms with Gasteiger partial charge >= 0.3 is 11.7 Å².